The third-order valence-corrected chi connectivity index (χ3v) is 4.38. The van der Waals surface area contributed by atoms with Crippen LogP contribution < -0.4 is 14.2 Å². The zero-order valence-electron chi connectivity index (χ0n) is 16.9. The maximum atomic E-state index is 12.5. The number of aromatic nitrogens is 1. The third kappa shape index (κ3) is 7.96. The lowest BCUT2D eigenvalue weighted by atomic mass is 10.1. The molecule has 0 unspecified atom stereocenters. The van der Waals surface area contributed by atoms with E-state index in [9.17, 15) is 13.2 Å². The van der Waals surface area contributed by atoms with Gasteiger partial charge in [0.2, 0.25) is 5.88 Å². The van der Waals surface area contributed by atoms with Crippen molar-refractivity contribution in [2.75, 3.05) is 26.9 Å². The molecular formula is C20H18Cl3F3N2O4. The SMILES string of the molecule is COc1c(Cl)cc(OCC=C(Cl)Cl)cc1C(C)=NOCCOc1ccc(C(F)(F)F)cn1. The molecule has 0 radical (unpaired) electrons. The van der Waals surface area contributed by atoms with E-state index < -0.39 is 11.7 Å². The second-order valence-electron chi connectivity index (χ2n) is 6.03. The highest BCUT2D eigenvalue weighted by Gasteiger charge is 2.30. The molecule has 0 atom stereocenters. The molecule has 1 aromatic carbocycles. The molecule has 0 aliphatic heterocycles. The van der Waals surface area contributed by atoms with Crippen LogP contribution in [0.15, 0.2) is 46.2 Å². The zero-order valence-corrected chi connectivity index (χ0v) is 19.1. The first kappa shape index (κ1) is 25.9. The number of benzene rings is 1. The molecule has 0 spiro atoms. The topological polar surface area (TPSA) is 62.2 Å². The normalized spacial score (nSPS) is 11.7. The summed E-state index contributed by atoms with van der Waals surface area (Å²) in [5.74, 6) is 0.842. The van der Waals surface area contributed by atoms with Crippen LogP contribution in [0.1, 0.15) is 18.1 Å². The van der Waals surface area contributed by atoms with Crippen molar-refractivity contribution in [3.8, 4) is 17.4 Å². The largest absolute Gasteiger partial charge is 0.494 e. The van der Waals surface area contributed by atoms with E-state index in [0.29, 0.717) is 34.0 Å². The first-order valence-electron chi connectivity index (χ1n) is 8.96. The number of ether oxygens (including phenoxy) is 3. The molecule has 0 aliphatic rings. The quantitative estimate of drug-likeness (QED) is 0.213. The molecule has 1 aromatic heterocycles. The molecule has 2 aromatic rings. The Kier molecular flexibility index (Phi) is 9.74. The van der Waals surface area contributed by atoms with Crippen LogP contribution in [0.2, 0.25) is 5.02 Å². The van der Waals surface area contributed by atoms with Crippen molar-refractivity contribution in [3.05, 3.63) is 57.2 Å². The Balaban J connectivity index is 1.96. The molecule has 0 aliphatic carbocycles. The number of halogens is 6. The lowest BCUT2D eigenvalue weighted by Crippen LogP contribution is -2.09. The van der Waals surface area contributed by atoms with Gasteiger partial charge in [-0.2, -0.15) is 13.2 Å². The molecule has 1 heterocycles. The summed E-state index contributed by atoms with van der Waals surface area (Å²) >= 11 is 17.4. The summed E-state index contributed by atoms with van der Waals surface area (Å²) in [7, 11) is 1.46. The standard InChI is InChI=1S/C20H18Cl3F3N2O4/c1-12(15-9-14(30-6-5-17(22)23)10-16(21)19(15)29-2)28-32-8-7-31-18-4-3-13(11-27-18)20(24,25)26/h3-5,9-11H,6-8H2,1-2H3. The third-order valence-electron chi connectivity index (χ3n) is 3.79. The number of hydrogen-bond acceptors (Lipinski definition) is 6. The van der Waals surface area contributed by atoms with Crippen LogP contribution in [-0.4, -0.2) is 37.6 Å². The monoisotopic (exact) mass is 512 g/mol. The molecule has 0 N–H and O–H groups in total. The number of rotatable bonds is 10. The Morgan fingerprint density at radius 3 is 2.50 bits per heavy atom. The van der Waals surface area contributed by atoms with Gasteiger partial charge in [0.05, 0.1) is 23.4 Å². The van der Waals surface area contributed by atoms with Gasteiger partial charge in [0, 0.05) is 23.9 Å². The van der Waals surface area contributed by atoms with Crippen LogP contribution in [0.5, 0.6) is 17.4 Å². The average Bonchev–Trinajstić information content (AvgIpc) is 2.72. The number of alkyl halides is 3. The smallest absolute Gasteiger partial charge is 0.417 e. The van der Waals surface area contributed by atoms with E-state index in [-0.39, 0.29) is 30.2 Å². The van der Waals surface area contributed by atoms with Gasteiger partial charge in [-0.1, -0.05) is 40.0 Å². The fraction of sp³-hybridized carbons (Fsp3) is 0.300. The summed E-state index contributed by atoms with van der Waals surface area (Å²) in [6, 6.07) is 5.24. The highest BCUT2D eigenvalue weighted by molar-refractivity contribution is 6.55. The van der Waals surface area contributed by atoms with Crippen molar-refractivity contribution in [3.63, 3.8) is 0 Å². The lowest BCUT2D eigenvalue weighted by molar-refractivity contribution is -0.137. The van der Waals surface area contributed by atoms with Crippen molar-refractivity contribution in [1.82, 2.24) is 4.98 Å². The average molecular weight is 514 g/mol. The van der Waals surface area contributed by atoms with Crippen LogP contribution in [0.3, 0.4) is 0 Å². The zero-order chi connectivity index (χ0) is 23.7. The Morgan fingerprint density at radius 2 is 1.91 bits per heavy atom. The lowest BCUT2D eigenvalue weighted by Gasteiger charge is -2.13. The first-order chi connectivity index (χ1) is 15.1. The van der Waals surface area contributed by atoms with E-state index in [1.54, 1.807) is 19.1 Å². The second-order valence-corrected chi connectivity index (χ2v) is 7.45. The number of oxime groups is 1. The molecule has 0 fully saturated rings. The molecule has 0 amide bonds. The summed E-state index contributed by atoms with van der Waals surface area (Å²) in [4.78, 5) is 8.82. The highest BCUT2D eigenvalue weighted by atomic mass is 35.5. The van der Waals surface area contributed by atoms with E-state index in [1.807, 2.05) is 0 Å². The van der Waals surface area contributed by atoms with Gasteiger partial charge in [0.1, 0.15) is 29.2 Å². The minimum absolute atomic E-state index is 0.0156. The number of nitrogens with zero attached hydrogens (tertiary/aromatic N) is 2. The maximum absolute atomic E-state index is 12.5. The van der Waals surface area contributed by atoms with E-state index in [1.165, 1.54) is 13.2 Å². The van der Waals surface area contributed by atoms with Gasteiger partial charge in [0.25, 0.3) is 0 Å². The van der Waals surface area contributed by atoms with Crippen LogP contribution in [0, 0.1) is 0 Å². The Labute approximate surface area is 197 Å². The Morgan fingerprint density at radius 1 is 1.16 bits per heavy atom. The van der Waals surface area contributed by atoms with E-state index >= 15 is 0 Å². The fourth-order valence-corrected chi connectivity index (χ4v) is 2.75. The van der Waals surface area contributed by atoms with Crippen molar-refractivity contribution < 1.29 is 32.2 Å². The van der Waals surface area contributed by atoms with Gasteiger partial charge in [-0.3, -0.25) is 0 Å². The summed E-state index contributed by atoms with van der Waals surface area (Å²) in [6.07, 6.45) is -2.29. The fourth-order valence-electron chi connectivity index (χ4n) is 2.34. The number of pyridine rings is 1. The Bertz CT molecular complexity index is 964. The Hall–Kier alpha value is -2.36. The summed E-state index contributed by atoms with van der Waals surface area (Å²) < 4.78 is 53.8. The van der Waals surface area contributed by atoms with Gasteiger partial charge in [0.15, 0.2) is 6.61 Å². The minimum Gasteiger partial charge on any atom is -0.494 e. The molecule has 174 valence electrons. The summed E-state index contributed by atoms with van der Waals surface area (Å²) in [6.45, 7) is 1.84. The molecule has 32 heavy (non-hydrogen) atoms. The van der Waals surface area contributed by atoms with Crippen LogP contribution in [-0.2, 0) is 11.0 Å². The van der Waals surface area contributed by atoms with Crippen LogP contribution in [0.25, 0.3) is 0 Å². The number of methoxy groups -OCH3 is 1. The van der Waals surface area contributed by atoms with Gasteiger partial charge >= 0.3 is 6.18 Å². The number of hydrogen-bond donors (Lipinski definition) is 0. The van der Waals surface area contributed by atoms with Gasteiger partial charge in [-0.05, 0) is 25.1 Å². The molecule has 0 saturated carbocycles. The van der Waals surface area contributed by atoms with Gasteiger partial charge in [-0.15, -0.1) is 0 Å². The summed E-state index contributed by atoms with van der Waals surface area (Å²) in [5.41, 5.74) is 0.107. The first-order valence-corrected chi connectivity index (χ1v) is 10.1. The summed E-state index contributed by atoms with van der Waals surface area (Å²) in [5, 5.41) is 4.29. The van der Waals surface area contributed by atoms with Crippen molar-refractivity contribution in [2.45, 2.75) is 13.1 Å². The van der Waals surface area contributed by atoms with Crippen LogP contribution >= 0.6 is 34.8 Å². The van der Waals surface area contributed by atoms with E-state index in [2.05, 4.69) is 10.1 Å². The predicted octanol–water partition coefficient (Wildman–Crippen LogP) is 6.28. The predicted molar refractivity (Wildman–Crippen MR) is 116 cm³/mol. The molecule has 0 bridgehead atoms. The van der Waals surface area contributed by atoms with Gasteiger partial charge < -0.3 is 19.0 Å². The van der Waals surface area contributed by atoms with Crippen LogP contribution in [0.4, 0.5) is 13.2 Å². The minimum atomic E-state index is -4.46. The van der Waals surface area contributed by atoms with Crippen molar-refractivity contribution in [2.24, 2.45) is 5.16 Å². The molecule has 6 nitrogen and oxygen atoms in total. The maximum Gasteiger partial charge on any atom is 0.417 e. The molecule has 0 saturated heterocycles. The van der Waals surface area contributed by atoms with E-state index in [0.717, 1.165) is 12.1 Å². The van der Waals surface area contributed by atoms with Crippen molar-refractivity contribution >= 4 is 40.5 Å². The second kappa shape index (κ2) is 12.0. The molecular weight excluding hydrogens is 496 g/mol. The van der Waals surface area contributed by atoms with Gasteiger partial charge in [-0.25, -0.2) is 4.98 Å². The highest BCUT2D eigenvalue weighted by Crippen LogP contribution is 2.34. The molecule has 2 rings (SSSR count). The molecule has 12 heteroatoms. The van der Waals surface area contributed by atoms with E-state index in [4.69, 9.17) is 53.9 Å². The van der Waals surface area contributed by atoms with Crippen molar-refractivity contribution in [1.29, 1.82) is 0 Å².